The van der Waals surface area contributed by atoms with Crippen LogP contribution < -0.4 is 20.1 Å². The van der Waals surface area contributed by atoms with Crippen LogP contribution in [-0.2, 0) is 5.41 Å². The second kappa shape index (κ2) is 14.3. The standard InChI is InChI=1S/C28H28FN3O4.C9H6FNO2/c1-28(2,16-31-27(34)22-15-30-23-14-19(29)8-11-21(22)23)18-6-9-20(10-7-18)32-26(33)17-5-12-24(35-3)25(13-17)36-4;10-6-1-2-7-5(3-6)4-8(11-7)9(12)13/h5-15,30H,16H2,1-4H3,(H,31,34)(H,32,33);1-4,11H,(H,12,13). The number of carboxylic acids is 1. The van der Waals surface area contributed by atoms with Crippen LogP contribution in [0.25, 0.3) is 21.8 Å². The molecule has 5 N–H and O–H groups in total. The van der Waals surface area contributed by atoms with Gasteiger partial charge in [-0.15, -0.1) is 0 Å². The summed E-state index contributed by atoms with van der Waals surface area (Å²) in [5.41, 5.74) is 3.44. The molecule has 4 aromatic carbocycles. The number of ether oxygens (including phenoxy) is 2. The second-order valence-corrected chi connectivity index (χ2v) is 11.8. The van der Waals surface area contributed by atoms with Crippen LogP contribution in [0.5, 0.6) is 11.5 Å². The molecule has 49 heavy (non-hydrogen) atoms. The molecule has 2 aromatic heterocycles. The molecule has 6 rings (SSSR count). The molecular weight excluding hydrogens is 634 g/mol. The van der Waals surface area contributed by atoms with E-state index in [2.05, 4.69) is 20.6 Å². The number of nitrogens with one attached hydrogen (secondary N) is 4. The van der Waals surface area contributed by atoms with E-state index in [1.807, 2.05) is 38.1 Å². The van der Waals surface area contributed by atoms with Crippen molar-refractivity contribution in [1.29, 1.82) is 0 Å². The molecule has 0 atom stereocenters. The Bertz CT molecular complexity index is 2150. The SMILES string of the molecule is COc1ccc(C(=O)Nc2ccc(C(C)(C)CNC(=O)c3c[nH]c4cc(F)ccc34)cc2)cc1OC.O=C(O)c1cc2cc(F)ccc2[nH]1. The minimum absolute atomic E-state index is 0.0700. The number of hydrogen-bond acceptors (Lipinski definition) is 5. The Morgan fingerprint density at radius 2 is 1.49 bits per heavy atom. The number of H-pyrrole nitrogens is 2. The van der Waals surface area contributed by atoms with Crippen LogP contribution in [-0.4, -0.2) is 53.6 Å². The molecule has 0 fully saturated rings. The number of carboxylic acid groups (broad SMARTS) is 1. The predicted octanol–water partition coefficient (Wildman–Crippen LogP) is 7.29. The maximum Gasteiger partial charge on any atom is 0.352 e. The number of amides is 2. The van der Waals surface area contributed by atoms with Crippen LogP contribution in [0, 0.1) is 11.6 Å². The number of aromatic carboxylic acids is 1. The first kappa shape index (κ1) is 34.2. The summed E-state index contributed by atoms with van der Waals surface area (Å²) in [5, 5.41) is 15.7. The Hall–Kier alpha value is -6.17. The number of benzene rings is 4. The zero-order valence-corrected chi connectivity index (χ0v) is 27.1. The van der Waals surface area contributed by atoms with E-state index in [0.29, 0.717) is 56.7 Å². The van der Waals surface area contributed by atoms with E-state index in [4.69, 9.17) is 14.6 Å². The van der Waals surface area contributed by atoms with Crippen molar-refractivity contribution in [1.82, 2.24) is 15.3 Å². The predicted molar refractivity (Wildman–Crippen MR) is 183 cm³/mol. The summed E-state index contributed by atoms with van der Waals surface area (Å²) < 4.78 is 36.6. The zero-order valence-electron chi connectivity index (χ0n) is 27.1. The minimum atomic E-state index is -1.04. The fraction of sp³-hybridized carbons (Fsp3) is 0.162. The van der Waals surface area contributed by atoms with Crippen LogP contribution in [0.1, 0.15) is 50.6 Å². The lowest BCUT2D eigenvalue weighted by Gasteiger charge is -2.26. The molecule has 0 spiro atoms. The number of aromatic nitrogens is 2. The summed E-state index contributed by atoms with van der Waals surface area (Å²) in [7, 11) is 3.06. The van der Waals surface area contributed by atoms with Gasteiger partial charge in [-0.25, -0.2) is 13.6 Å². The Morgan fingerprint density at radius 3 is 2.18 bits per heavy atom. The molecule has 0 radical (unpaired) electrons. The van der Waals surface area contributed by atoms with Gasteiger partial charge >= 0.3 is 5.97 Å². The summed E-state index contributed by atoms with van der Waals surface area (Å²) in [6.07, 6.45) is 1.59. The number of anilines is 1. The molecule has 0 aliphatic rings. The summed E-state index contributed by atoms with van der Waals surface area (Å²) in [5.74, 6) is -1.26. The average Bonchev–Trinajstić information content (AvgIpc) is 3.71. The van der Waals surface area contributed by atoms with Gasteiger partial charge in [-0.3, -0.25) is 9.59 Å². The van der Waals surface area contributed by atoms with Crippen molar-refractivity contribution in [3.05, 3.63) is 125 Å². The summed E-state index contributed by atoms with van der Waals surface area (Å²) in [6.45, 7) is 4.43. The van der Waals surface area contributed by atoms with Crippen molar-refractivity contribution in [2.45, 2.75) is 19.3 Å². The number of fused-ring (bicyclic) bond motifs is 2. The van der Waals surface area contributed by atoms with Gasteiger partial charge < -0.3 is 35.2 Å². The lowest BCUT2D eigenvalue weighted by atomic mass is 9.84. The topological polar surface area (TPSA) is 146 Å². The molecule has 0 saturated heterocycles. The maximum atomic E-state index is 13.4. The van der Waals surface area contributed by atoms with Gasteiger partial charge in [0.05, 0.1) is 19.8 Å². The molecule has 0 bridgehead atoms. The number of rotatable bonds is 9. The highest BCUT2D eigenvalue weighted by Gasteiger charge is 2.23. The molecule has 6 aromatic rings. The lowest BCUT2D eigenvalue weighted by Crippen LogP contribution is -2.36. The van der Waals surface area contributed by atoms with Gasteiger partial charge in [0.25, 0.3) is 11.8 Å². The van der Waals surface area contributed by atoms with Crippen molar-refractivity contribution < 1.29 is 37.7 Å². The maximum absolute atomic E-state index is 13.4. The Morgan fingerprint density at radius 1 is 0.796 bits per heavy atom. The first-order chi connectivity index (χ1) is 23.4. The molecule has 252 valence electrons. The molecule has 2 amide bonds. The number of aromatic amines is 2. The quantitative estimate of drug-likeness (QED) is 0.109. The average molecular weight is 669 g/mol. The molecule has 12 heteroatoms. The minimum Gasteiger partial charge on any atom is -0.493 e. The number of halogens is 2. The Balaban J connectivity index is 0.000000299. The Labute approximate surface area is 280 Å². The Kier molecular flexibility index (Phi) is 9.97. The van der Waals surface area contributed by atoms with Gasteiger partial charge in [0, 0.05) is 51.2 Å². The van der Waals surface area contributed by atoms with E-state index in [1.165, 1.54) is 50.6 Å². The third-order valence-corrected chi connectivity index (χ3v) is 7.96. The third-order valence-electron chi connectivity index (χ3n) is 7.96. The molecule has 2 heterocycles. The van der Waals surface area contributed by atoms with Crippen molar-refractivity contribution in [3.8, 4) is 11.5 Å². The summed E-state index contributed by atoms with van der Waals surface area (Å²) >= 11 is 0. The van der Waals surface area contributed by atoms with Gasteiger partial charge in [-0.2, -0.15) is 0 Å². The van der Waals surface area contributed by atoms with Crippen LogP contribution in [0.15, 0.2) is 91.1 Å². The number of methoxy groups -OCH3 is 2. The van der Waals surface area contributed by atoms with E-state index in [-0.39, 0.29) is 34.6 Å². The van der Waals surface area contributed by atoms with Crippen LogP contribution in [0.2, 0.25) is 0 Å². The molecule has 0 unspecified atom stereocenters. The smallest absolute Gasteiger partial charge is 0.352 e. The van der Waals surface area contributed by atoms with Gasteiger partial charge in [-0.05, 0) is 78.4 Å². The highest BCUT2D eigenvalue weighted by atomic mass is 19.1. The van der Waals surface area contributed by atoms with E-state index in [0.717, 1.165) is 5.56 Å². The number of carbonyl (C=O) groups is 3. The van der Waals surface area contributed by atoms with Crippen LogP contribution in [0.4, 0.5) is 14.5 Å². The van der Waals surface area contributed by atoms with Crippen molar-refractivity contribution >= 4 is 45.3 Å². The van der Waals surface area contributed by atoms with Crippen molar-refractivity contribution in [3.63, 3.8) is 0 Å². The lowest BCUT2D eigenvalue weighted by molar-refractivity contribution is 0.0691. The van der Waals surface area contributed by atoms with E-state index >= 15 is 0 Å². The number of carbonyl (C=O) groups excluding carboxylic acids is 2. The highest BCUT2D eigenvalue weighted by Crippen LogP contribution is 2.29. The fourth-order valence-corrected chi connectivity index (χ4v) is 5.19. The molecule has 0 aliphatic carbocycles. The molecule has 0 aliphatic heterocycles. The second-order valence-electron chi connectivity index (χ2n) is 11.8. The van der Waals surface area contributed by atoms with Crippen LogP contribution in [0.3, 0.4) is 0 Å². The van der Waals surface area contributed by atoms with Gasteiger partial charge in [0.15, 0.2) is 11.5 Å². The first-order valence-corrected chi connectivity index (χ1v) is 15.1. The van der Waals surface area contributed by atoms with Crippen LogP contribution >= 0.6 is 0 Å². The molecule has 10 nitrogen and oxygen atoms in total. The fourth-order valence-electron chi connectivity index (χ4n) is 5.19. The van der Waals surface area contributed by atoms with E-state index < -0.39 is 5.97 Å². The van der Waals surface area contributed by atoms with Crippen molar-refractivity contribution in [2.75, 3.05) is 26.1 Å². The van der Waals surface area contributed by atoms with E-state index in [1.54, 1.807) is 30.5 Å². The third kappa shape index (κ3) is 7.87. The summed E-state index contributed by atoms with van der Waals surface area (Å²) in [4.78, 5) is 41.6. The largest absolute Gasteiger partial charge is 0.493 e. The number of hydrogen-bond donors (Lipinski definition) is 5. The zero-order chi connectivity index (χ0) is 35.3. The molecular formula is C37H34F2N4O6. The van der Waals surface area contributed by atoms with E-state index in [9.17, 15) is 23.2 Å². The highest BCUT2D eigenvalue weighted by molar-refractivity contribution is 6.07. The van der Waals surface area contributed by atoms with Crippen molar-refractivity contribution in [2.24, 2.45) is 0 Å². The van der Waals surface area contributed by atoms with Gasteiger partial charge in [-0.1, -0.05) is 26.0 Å². The first-order valence-electron chi connectivity index (χ1n) is 15.1. The summed E-state index contributed by atoms with van der Waals surface area (Å²) in [6, 6.07) is 22.2. The van der Waals surface area contributed by atoms with Gasteiger partial charge in [0.2, 0.25) is 0 Å². The monoisotopic (exact) mass is 668 g/mol. The van der Waals surface area contributed by atoms with Gasteiger partial charge in [0.1, 0.15) is 17.3 Å². The molecule has 0 saturated carbocycles. The normalized spacial score (nSPS) is 11.1.